The number of hydrogen-bond donors (Lipinski definition) is 2. The fourth-order valence-electron chi connectivity index (χ4n) is 2.11. The summed E-state index contributed by atoms with van der Waals surface area (Å²) in [5.74, 6) is 0. The molecule has 1 aliphatic carbocycles. The number of nitrogen functional groups attached to an aromatic ring is 1. The lowest BCUT2D eigenvalue weighted by Crippen LogP contribution is -2.45. The molecule has 0 unspecified atom stereocenters. The third kappa shape index (κ3) is 2.14. The van der Waals surface area contributed by atoms with Crippen molar-refractivity contribution in [3.63, 3.8) is 0 Å². The summed E-state index contributed by atoms with van der Waals surface area (Å²) in [6.07, 6.45) is 3.57. The van der Waals surface area contributed by atoms with Crippen LogP contribution < -0.4 is 11.1 Å². The Morgan fingerprint density at radius 2 is 2.19 bits per heavy atom. The van der Waals surface area contributed by atoms with Crippen LogP contribution >= 0.6 is 0 Å². The summed E-state index contributed by atoms with van der Waals surface area (Å²) in [7, 11) is 1.80. The van der Waals surface area contributed by atoms with Crippen LogP contribution in [0.2, 0.25) is 0 Å². The molecular formula is C13H20N2O. The molecule has 1 aromatic rings. The van der Waals surface area contributed by atoms with Crippen molar-refractivity contribution in [1.29, 1.82) is 0 Å². The van der Waals surface area contributed by atoms with E-state index in [0.29, 0.717) is 0 Å². The Kier molecular flexibility index (Phi) is 3.06. The fraction of sp³-hybridized carbons (Fsp3) is 0.538. The van der Waals surface area contributed by atoms with Gasteiger partial charge in [0.05, 0.1) is 5.60 Å². The lowest BCUT2D eigenvalue weighted by Gasteiger charge is -2.40. The number of anilines is 2. The van der Waals surface area contributed by atoms with Gasteiger partial charge in [0.15, 0.2) is 0 Å². The molecule has 3 N–H and O–H groups in total. The summed E-state index contributed by atoms with van der Waals surface area (Å²) >= 11 is 0. The molecule has 0 aromatic heterocycles. The average Bonchev–Trinajstić information content (AvgIpc) is 2.22. The Bertz CT molecular complexity index is 367. The number of hydrogen-bond acceptors (Lipinski definition) is 3. The number of methoxy groups -OCH3 is 1. The molecule has 0 spiro atoms. The predicted molar refractivity (Wildman–Crippen MR) is 67.7 cm³/mol. The molecule has 0 atom stereocenters. The minimum Gasteiger partial charge on any atom is -0.399 e. The molecule has 1 aliphatic rings. The fourth-order valence-corrected chi connectivity index (χ4v) is 2.11. The van der Waals surface area contributed by atoms with E-state index in [1.165, 1.54) is 12.0 Å². The van der Waals surface area contributed by atoms with E-state index in [9.17, 15) is 0 Å². The van der Waals surface area contributed by atoms with E-state index < -0.39 is 0 Å². The van der Waals surface area contributed by atoms with E-state index >= 15 is 0 Å². The molecule has 0 radical (unpaired) electrons. The first kappa shape index (κ1) is 11.3. The Morgan fingerprint density at radius 1 is 1.44 bits per heavy atom. The molecule has 0 amide bonds. The molecule has 0 saturated heterocycles. The van der Waals surface area contributed by atoms with E-state index in [0.717, 1.165) is 30.8 Å². The highest BCUT2D eigenvalue weighted by molar-refractivity contribution is 5.59. The molecule has 0 aliphatic heterocycles. The normalized spacial score (nSPS) is 17.9. The first-order valence-electron chi connectivity index (χ1n) is 5.80. The van der Waals surface area contributed by atoms with Crippen LogP contribution in [0.25, 0.3) is 0 Å². The van der Waals surface area contributed by atoms with Crippen LogP contribution in [0.15, 0.2) is 18.2 Å². The van der Waals surface area contributed by atoms with Crippen LogP contribution in [0, 0.1) is 6.92 Å². The monoisotopic (exact) mass is 220 g/mol. The summed E-state index contributed by atoms with van der Waals surface area (Å²) in [6.45, 7) is 2.95. The smallest absolute Gasteiger partial charge is 0.0850 e. The molecule has 0 bridgehead atoms. The zero-order valence-corrected chi connectivity index (χ0v) is 10.0. The maximum absolute atomic E-state index is 5.77. The van der Waals surface area contributed by atoms with Crippen molar-refractivity contribution in [3.8, 4) is 0 Å². The minimum absolute atomic E-state index is 0.0526. The van der Waals surface area contributed by atoms with Gasteiger partial charge in [0.1, 0.15) is 0 Å². The van der Waals surface area contributed by atoms with Crippen molar-refractivity contribution in [2.24, 2.45) is 0 Å². The van der Waals surface area contributed by atoms with Gasteiger partial charge in [0.25, 0.3) is 0 Å². The largest absolute Gasteiger partial charge is 0.399 e. The summed E-state index contributed by atoms with van der Waals surface area (Å²) in [4.78, 5) is 0. The van der Waals surface area contributed by atoms with Gasteiger partial charge in [-0.2, -0.15) is 0 Å². The van der Waals surface area contributed by atoms with Crippen LogP contribution in [0.5, 0.6) is 0 Å². The van der Waals surface area contributed by atoms with Crippen molar-refractivity contribution in [1.82, 2.24) is 0 Å². The van der Waals surface area contributed by atoms with E-state index in [2.05, 4.69) is 12.2 Å². The summed E-state index contributed by atoms with van der Waals surface area (Å²) < 4.78 is 5.57. The third-order valence-corrected chi connectivity index (χ3v) is 3.56. The standard InChI is InChI=1S/C13H20N2O/c1-10-4-5-11(14)8-12(10)15-9-13(16-2)6-3-7-13/h4-5,8,15H,3,6-7,9,14H2,1-2H3. The highest BCUT2D eigenvalue weighted by atomic mass is 16.5. The van der Waals surface area contributed by atoms with Crippen LogP contribution in [0.4, 0.5) is 11.4 Å². The zero-order chi connectivity index (χ0) is 11.6. The number of benzene rings is 1. The molecule has 0 heterocycles. The summed E-state index contributed by atoms with van der Waals surface area (Å²) in [5.41, 5.74) is 8.96. The number of nitrogens with two attached hydrogens (primary N) is 1. The number of nitrogens with one attached hydrogen (secondary N) is 1. The van der Waals surface area contributed by atoms with Crippen LogP contribution in [-0.2, 0) is 4.74 Å². The molecule has 2 rings (SSSR count). The second kappa shape index (κ2) is 4.34. The maximum Gasteiger partial charge on any atom is 0.0850 e. The van der Waals surface area contributed by atoms with Gasteiger partial charge in [0, 0.05) is 25.0 Å². The summed E-state index contributed by atoms with van der Waals surface area (Å²) in [5, 5.41) is 3.44. The van der Waals surface area contributed by atoms with E-state index in [1.54, 1.807) is 7.11 Å². The lowest BCUT2D eigenvalue weighted by atomic mass is 9.80. The molecule has 88 valence electrons. The predicted octanol–water partition coefficient (Wildman–Crippen LogP) is 2.56. The van der Waals surface area contributed by atoms with Gasteiger partial charge in [0.2, 0.25) is 0 Å². The second-order valence-electron chi connectivity index (χ2n) is 4.67. The van der Waals surface area contributed by atoms with Gasteiger partial charge in [-0.25, -0.2) is 0 Å². The Morgan fingerprint density at radius 3 is 2.75 bits per heavy atom. The van der Waals surface area contributed by atoms with Crippen molar-refractivity contribution >= 4 is 11.4 Å². The number of aryl methyl sites for hydroxylation is 1. The molecule has 1 aromatic carbocycles. The summed E-state index contributed by atoms with van der Waals surface area (Å²) in [6, 6.07) is 5.95. The van der Waals surface area contributed by atoms with Crippen molar-refractivity contribution in [2.45, 2.75) is 31.8 Å². The maximum atomic E-state index is 5.77. The Balaban J connectivity index is 2.01. The van der Waals surface area contributed by atoms with E-state index in [4.69, 9.17) is 10.5 Å². The molecule has 16 heavy (non-hydrogen) atoms. The van der Waals surface area contributed by atoms with Crippen molar-refractivity contribution < 1.29 is 4.74 Å². The molecule has 3 heteroatoms. The molecular weight excluding hydrogens is 200 g/mol. The van der Waals surface area contributed by atoms with Gasteiger partial charge in [-0.3, -0.25) is 0 Å². The third-order valence-electron chi connectivity index (χ3n) is 3.56. The van der Waals surface area contributed by atoms with Crippen LogP contribution in [-0.4, -0.2) is 19.3 Å². The minimum atomic E-state index is 0.0526. The number of rotatable bonds is 4. The van der Waals surface area contributed by atoms with Crippen molar-refractivity contribution in [3.05, 3.63) is 23.8 Å². The van der Waals surface area contributed by atoms with Gasteiger partial charge in [-0.15, -0.1) is 0 Å². The molecule has 1 fully saturated rings. The molecule has 3 nitrogen and oxygen atoms in total. The topological polar surface area (TPSA) is 47.3 Å². The van der Waals surface area contributed by atoms with Gasteiger partial charge < -0.3 is 15.8 Å². The average molecular weight is 220 g/mol. The SMILES string of the molecule is COC1(CNc2cc(N)ccc2C)CCC1. The van der Waals surface area contributed by atoms with Crippen LogP contribution in [0.3, 0.4) is 0 Å². The van der Waals surface area contributed by atoms with Crippen molar-refractivity contribution in [2.75, 3.05) is 24.7 Å². The first-order valence-corrected chi connectivity index (χ1v) is 5.80. The highest BCUT2D eigenvalue weighted by Gasteiger charge is 2.36. The Labute approximate surface area is 97.0 Å². The van der Waals surface area contributed by atoms with Gasteiger partial charge in [-0.1, -0.05) is 6.07 Å². The lowest BCUT2D eigenvalue weighted by molar-refractivity contribution is -0.0601. The molecule has 1 saturated carbocycles. The highest BCUT2D eigenvalue weighted by Crippen LogP contribution is 2.35. The first-order chi connectivity index (χ1) is 7.65. The number of ether oxygens (including phenoxy) is 1. The Hall–Kier alpha value is -1.22. The van der Waals surface area contributed by atoms with E-state index in [1.807, 2.05) is 18.2 Å². The second-order valence-corrected chi connectivity index (χ2v) is 4.67. The van der Waals surface area contributed by atoms with E-state index in [-0.39, 0.29) is 5.60 Å². The van der Waals surface area contributed by atoms with Crippen LogP contribution in [0.1, 0.15) is 24.8 Å². The quantitative estimate of drug-likeness (QED) is 0.767. The van der Waals surface area contributed by atoms with Gasteiger partial charge >= 0.3 is 0 Å². The van der Waals surface area contributed by atoms with Gasteiger partial charge in [-0.05, 0) is 43.9 Å². The zero-order valence-electron chi connectivity index (χ0n) is 10.0.